The van der Waals surface area contributed by atoms with Gasteiger partial charge in [-0.05, 0) is 18.8 Å². The van der Waals surface area contributed by atoms with E-state index in [1.54, 1.807) is 0 Å². The van der Waals surface area contributed by atoms with Crippen molar-refractivity contribution in [3.63, 3.8) is 0 Å². The van der Waals surface area contributed by atoms with E-state index in [2.05, 4.69) is 0 Å². The van der Waals surface area contributed by atoms with E-state index in [9.17, 15) is 16.8 Å². The van der Waals surface area contributed by atoms with E-state index in [4.69, 9.17) is 11.6 Å². The zero-order chi connectivity index (χ0) is 14.7. The Hall–Kier alpha value is 0.110. The largest absolute Gasteiger partial charge is 0.281 e. The first kappa shape index (κ1) is 17.2. The Morgan fingerprint density at radius 2 is 1.74 bits per heavy atom. The molecule has 0 amide bonds. The Labute approximate surface area is 120 Å². The summed E-state index contributed by atoms with van der Waals surface area (Å²) >= 11 is 5.76. The zero-order valence-corrected chi connectivity index (χ0v) is 13.6. The minimum Gasteiger partial charge on any atom is -0.229 e. The molecular weight excluding hydrogens is 312 g/mol. The molecule has 114 valence electrons. The third kappa shape index (κ3) is 5.18. The summed E-state index contributed by atoms with van der Waals surface area (Å²) < 4.78 is 49.1. The minimum absolute atomic E-state index is 0.0173. The molecule has 0 aromatic carbocycles. The maximum atomic E-state index is 12.2. The van der Waals surface area contributed by atoms with Gasteiger partial charge in [-0.2, -0.15) is 17.0 Å². The molecule has 1 heterocycles. The van der Waals surface area contributed by atoms with Crippen molar-refractivity contribution < 1.29 is 16.8 Å². The lowest BCUT2D eigenvalue weighted by molar-refractivity contribution is 0.273. The van der Waals surface area contributed by atoms with Gasteiger partial charge in [0.2, 0.25) is 0 Å². The maximum Gasteiger partial charge on any atom is 0.281 e. The van der Waals surface area contributed by atoms with Gasteiger partial charge in [-0.15, -0.1) is 11.6 Å². The van der Waals surface area contributed by atoms with Gasteiger partial charge in [0.1, 0.15) is 9.84 Å². The summed E-state index contributed by atoms with van der Waals surface area (Å²) in [6.45, 7) is 0.877. The van der Waals surface area contributed by atoms with Crippen LogP contribution >= 0.6 is 11.6 Å². The van der Waals surface area contributed by atoms with E-state index in [0.29, 0.717) is 24.9 Å². The lowest BCUT2D eigenvalue weighted by atomic mass is 10.0. The highest BCUT2D eigenvalue weighted by atomic mass is 35.5. The smallest absolute Gasteiger partial charge is 0.229 e. The fourth-order valence-electron chi connectivity index (χ4n) is 1.90. The molecule has 0 aromatic rings. The molecular formula is C10H21ClN2O4S2. The van der Waals surface area contributed by atoms with Gasteiger partial charge in [0.05, 0.1) is 5.75 Å². The van der Waals surface area contributed by atoms with Crippen molar-refractivity contribution in [3.8, 4) is 0 Å². The quantitative estimate of drug-likeness (QED) is 0.649. The Kier molecular flexibility index (Phi) is 6.06. The SMILES string of the molecule is CN(CCS(C)(=O)=O)S(=O)(=O)N1CCC(CCl)CC1. The molecule has 0 atom stereocenters. The molecule has 6 nitrogen and oxygen atoms in total. The number of nitrogens with zero attached hydrogens (tertiary/aromatic N) is 2. The van der Waals surface area contributed by atoms with Crippen LogP contribution in [0.25, 0.3) is 0 Å². The van der Waals surface area contributed by atoms with Crippen molar-refractivity contribution in [1.29, 1.82) is 0 Å². The summed E-state index contributed by atoms with van der Waals surface area (Å²) in [5.41, 5.74) is 0. The number of hydrogen-bond donors (Lipinski definition) is 0. The predicted octanol–water partition coefficient (Wildman–Crippen LogP) is 0.158. The summed E-state index contributed by atoms with van der Waals surface area (Å²) in [5.74, 6) is 0.757. The number of halogens is 1. The number of alkyl halides is 1. The van der Waals surface area contributed by atoms with Crippen LogP contribution in [0.3, 0.4) is 0 Å². The van der Waals surface area contributed by atoms with Crippen molar-refractivity contribution in [2.24, 2.45) is 5.92 Å². The van der Waals surface area contributed by atoms with Crippen molar-refractivity contribution in [2.75, 3.05) is 44.6 Å². The lowest BCUT2D eigenvalue weighted by Gasteiger charge is -2.33. The van der Waals surface area contributed by atoms with Crippen LogP contribution in [0.4, 0.5) is 0 Å². The van der Waals surface area contributed by atoms with Crippen molar-refractivity contribution in [1.82, 2.24) is 8.61 Å². The molecule has 1 saturated heterocycles. The van der Waals surface area contributed by atoms with Gasteiger partial charge >= 0.3 is 0 Å². The molecule has 0 saturated carbocycles. The average molecular weight is 333 g/mol. The topological polar surface area (TPSA) is 74.8 Å². The predicted molar refractivity (Wildman–Crippen MR) is 76.3 cm³/mol. The molecule has 1 rings (SSSR count). The zero-order valence-electron chi connectivity index (χ0n) is 11.2. The Morgan fingerprint density at radius 3 is 2.16 bits per heavy atom. The molecule has 0 radical (unpaired) electrons. The Balaban J connectivity index is 2.60. The van der Waals surface area contributed by atoms with E-state index in [1.807, 2.05) is 0 Å². The van der Waals surface area contributed by atoms with Crippen LogP contribution in [0.5, 0.6) is 0 Å². The molecule has 0 bridgehead atoms. The standard InChI is InChI=1S/C10H21ClN2O4S2/c1-12(7-8-18(2,14)15)19(16,17)13-5-3-10(9-11)4-6-13/h10H,3-9H2,1-2H3. The number of piperidine rings is 1. The fourth-order valence-corrected chi connectivity index (χ4v) is 4.32. The van der Waals surface area contributed by atoms with Gasteiger partial charge in [-0.3, -0.25) is 0 Å². The number of sulfone groups is 1. The van der Waals surface area contributed by atoms with E-state index >= 15 is 0 Å². The summed E-state index contributed by atoms with van der Waals surface area (Å²) in [4.78, 5) is 0. The summed E-state index contributed by atoms with van der Waals surface area (Å²) in [6, 6.07) is 0. The van der Waals surface area contributed by atoms with E-state index < -0.39 is 20.0 Å². The number of rotatable bonds is 6. The minimum atomic E-state index is -3.56. The van der Waals surface area contributed by atoms with Crippen molar-refractivity contribution in [2.45, 2.75) is 12.8 Å². The second-order valence-corrected chi connectivity index (χ2v) is 9.56. The highest BCUT2D eigenvalue weighted by molar-refractivity contribution is 7.90. The molecule has 0 unspecified atom stereocenters. The van der Waals surface area contributed by atoms with E-state index in [-0.39, 0.29) is 12.3 Å². The van der Waals surface area contributed by atoms with Gasteiger partial charge in [0.25, 0.3) is 10.2 Å². The van der Waals surface area contributed by atoms with Gasteiger partial charge in [-0.25, -0.2) is 8.42 Å². The van der Waals surface area contributed by atoms with Gasteiger partial charge in [-0.1, -0.05) is 0 Å². The van der Waals surface area contributed by atoms with Crippen LogP contribution in [-0.4, -0.2) is 70.0 Å². The molecule has 19 heavy (non-hydrogen) atoms. The maximum absolute atomic E-state index is 12.2. The van der Waals surface area contributed by atoms with Crippen LogP contribution in [0.15, 0.2) is 0 Å². The summed E-state index contributed by atoms with van der Waals surface area (Å²) in [5, 5.41) is 0. The molecule has 1 aliphatic rings. The van der Waals surface area contributed by atoms with Crippen LogP contribution in [0.1, 0.15) is 12.8 Å². The van der Waals surface area contributed by atoms with Crippen molar-refractivity contribution >= 4 is 31.6 Å². The van der Waals surface area contributed by atoms with Gasteiger partial charge in [0, 0.05) is 38.8 Å². The van der Waals surface area contributed by atoms with Gasteiger partial charge in [0.15, 0.2) is 0 Å². The second-order valence-electron chi connectivity index (χ2n) is 4.96. The third-order valence-electron chi connectivity index (χ3n) is 3.29. The molecule has 0 aliphatic carbocycles. The van der Waals surface area contributed by atoms with E-state index in [0.717, 1.165) is 23.4 Å². The first-order valence-electron chi connectivity index (χ1n) is 6.12. The molecule has 9 heteroatoms. The van der Waals surface area contributed by atoms with Crippen LogP contribution < -0.4 is 0 Å². The fraction of sp³-hybridized carbons (Fsp3) is 1.00. The highest BCUT2D eigenvalue weighted by Crippen LogP contribution is 2.21. The average Bonchev–Trinajstić information content (AvgIpc) is 2.35. The first-order valence-corrected chi connectivity index (χ1v) is 10.1. The Bertz CT molecular complexity index is 484. The van der Waals surface area contributed by atoms with Crippen molar-refractivity contribution in [3.05, 3.63) is 0 Å². The van der Waals surface area contributed by atoms with Crippen LogP contribution in [0, 0.1) is 5.92 Å². The molecule has 1 aliphatic heterocycles. The summed E-state index contributed by atoms with van der Waals surface area (Å²) in [6.07, 6.45) is 2.60. The number of hydrogen-bond acceptors (Lipinski definition) is 4. The molecule has 1 fully saturated rings. The van der Waals surface area contributed by atoms with Crippen LogP contribution in [0.2, 0.25) is 0 Å². The van der Waals surface area contributed by atoms with E-state index in [1.165, 1.54) is 11.4 Å². The molecule has 0 aromatic heterocycles. The first-order chi connectivity index (χ1) is 8.66. The second kappa shape index (κ2) is 6.71. The van der Waals surface area contributed by atoms with Crippen LogP contribution in [-0.2, 0) is 20.0 Å². The lowest BCUT2D eigenvalue weighted by Crippen LogP contribution is -2.46. The Morgan fingerprint density at radius 1 is 1.21 bits per heavy atom. The normalized spacial score (nSPS) is 20.0. The van der Waals surface area contributed by atoms with Gasteiger partial charge < -0.3 is 0 Å². The third-order valence-corrected chi connectivity index (χ3v) is 6.64. The monoisotopic (exact) mass is 332 g/mol. The highest BCUT2D eigenvalue weighted by Gasteiger charge is 2.30. The molecule has 0 N–H and O–H groups in total. The molecule has 0 spiro atoms. The summed E-state index contributed by atoms with van der Waals surface area (Å²) in [7, 11) is -5.31.